The Morgan fingerprint density at radius 2 is 1.80 bits per heavy atom. The summed E-state index contributed by atoms with van der Waals surface area (Å²) < 4.78 is 1.43. The van der Waals surface area contributed by atoms with Crippen LogP contribution in [0.15, 0.2) is 32.2 Å². The van der Waals surface area contributed by atoms with E-state index >= 15 is 0 Å². The number of hydrogen-bond donors (Lipinski definition) is 2. The molecule has 0 aliphatic rings. The molecule has 0 saturated carbocycles. The molecular weight excluding hydrogens is 388 g/mol. The number of aromatic hydroxyl groups is 1. The average Bonchev–Trinajstić information content (AvgIpc) is 2.34. The number of hydrazone groups is 1. The maximum Gasteiger partial charge on any atom is 0.243 e. The number of anilines is 1. The molecule has 0 aliphatic heterocycles. The molecule has 0 saturated heterocycles. The molecule has 0 amide bonds. The van der Waals surface area contributed by atoms with Gasteiger partial charge in [-0.05, 0) is 48.0 Å². The summed E-state index contributed by atoms with van der Waals surface area (Å²) in [5.74, 6) is 0.549. The molecule has 7 heteroatoms. The fraction of sp³-hybridized carbons (Fsp3) is 0.154. The SMILES string of the molecule is Cc1cc(C)nc(NN=Cc2cc(Br)cc(Br)c2O)n1. The number of halogens is 2. The van der Waals surface area contributed by atoms with Gasteiger partial charge in [-0.2, -0.15) is 5.10 Å². The Balaban J connectivity index is 2.18. The second-order valence-corrected chi connectivity index (χ2v) is 5.94. The van der Waals surface area contributed by atoms with Crippen LogP contribution < -0.4 is 5.43 Å². The first-order chi connectivity index (χ1) is 9.45. The average molecular weight is 400 g/mol. The highest BCUT2D eigenvalue weighted by molar-refractivity contribution is 9.11. The minimum atomic E-state index is 0.125. The number of benzene rings is 1. The molecule has 104 valence electrons. The summed E-state index contributed by atoms with van der Waals surface area (Å²) >= 11 is 6.62. The summed E-state index contributed by atoms with van der Waals surface area (Å²) in [6.07, 6.45) is 1.51. The van der Waals surface area contributed by atoms with Crippen LogP contribution in [-0.2, 0) is 0 Å². The van der Waals surface area contributed by atoms with E-state index in [4.69, 9.17) is 0 Å². The fourth-order valence-electron chi connectivity index (χ4n) is 1.62. The van der Waals surface area contributed by atoms with E-state index < -0.39 is 0 Å². The Bertz CT molecular complexity index is 653. The van der Waals surface area contributed by atoms with Crippen LogP contribution in [0.1, 0.15) is 17.0 Å². The van der Waals surface area contributed by atoms with Gasteiger partial charge in [-0.3, -0.25) is 0 Å². The smallest absolute Gasteiger partial charge is 0.243 e. The summed E-state index contributed by atoms with van der Waals surface area (Å²) in [7, 11) is 0. The molecule has 1 heterocycles. The number of nitrogens with one attached hydrogen (secondary N) is 1. The van der Waals surface area contributed by atoms with Gasteiger partial charge in [-0.25, -0.2) is 15.4 Å². The number of aromatic nitrogens is 2. The van der Waals surface area contributed by atoms with Crippen molar-refractivity contribution in [3.63, 3.8) is 0 Å². The molecule has 2 N–H and O–H groups in total. The lowest BCUT2D eigenvalue weighted by Gasteiger charge is -2.04. The van der Waals surface area contributed by atoms with E-state index in [-0.39, 0.29) is 5.75 Å². The first-order valence-electron chi connectivity index (χ1n) is 5.75. The lowest BCUT2D eigenvalue weighted by molar-refractivity contribution is 0.471. The van der Waals surface area contributed by atoms with Crippen molar-refractivity contribution >= 4 is 44.0 Å². The summed E-state index contributed by atoms with van der Waals surface area (Å²) in [5.41, 5.74) is 5.05. The molecule has 1 aromatic carbocycles. The van der Waals surface area contributed by atoms with Gasteiger partial charge in [0, 0.05) is 21.4 Å². The van der Waals surface area contributed by atoms with Crippen molar-refractivity contribution in [2.75, 3.05) is 5.43 Å². The standard InChI is InChI=1S/C13H12Br2N4O/c1-7-3-8(2)18-13(17-7)19-16-6-9-4-10(14)5-11(15)12(9)20/h3-6,20H,1-2H3,(H,17,18,19). The molecule has 5 nitrogen and oxygen atoms in total. The molecule has 0 spiro atoms. The molecule has 0 aliphatic carbocycles. The van der Waals surface area contributed by atoms with Crippen LogP contribution in [0, 0.1) is 13.8 Å². The van der Waals surface area contributed by atoms with Crippen molar-refractivity contribution in [3.05, 3.63) is 44.1 Å². The second kappa shape index (κ2) is 6.32. The fourth-order valence-corrected chi connectivity index (χ4v) is 2.88. The van der Waals surface area contributed by atoms with Crippen LogP contribution in [0.2, 0.25) is 0 Å². The predicted octanol–water partition coefficient (Wildman–Crippen LogP) is 3.77. The number of phenolic OH excluding ortho intramolecular Hbond substituents is 1. The molecule has 0 fully saturated rings. The molecule has 20 heavy (non-hydrogen) atoms. The zero-order valence-corrected chi connectivity index (χ0v) is 14.0. The van der Waals surface area contributed by atoms with E-state index in [1.165, 1.54) is 6.21 Å². The van der Waals surface area contributed by atoms with E-state index in [0.717, 1.165) is 15.9 Å². The zero-order valence-electron chi connectivity index (χ0n) is 10.9. The predicted molar refractivity (Wildman–Crippen MR) is 86.2 cm³/mol. The quantitative estimate of drug-likeness (QED) is 0.608. The molecule has 0 unspecified atom stereocenters. The Labute approximate surface area is 133 Å². The monoisotopic (exact) mass is 398 g/mol. The van der Waals surface area contributed by atoms with Crippen LogP contribution in [0.3, 0.4) is 0 Å². The maximum absolute atomic E-state index is 9.89. The van der Waals surface area contributed by atoms with Gasteiger partial charge in [-0.1, -0.05) is 15.9 Å². The highest BCUT2D eigenvalue weighted by Gasteiger charge is 2.05. The lowest BCUT2D eigenvalue weighted by Crippen LogP contribution is -1.99. The Morgan fingerprint density at radius 3 is 2.45 bits per heavy atom. The topological polar surface area (TPSA) is 70.4 Å². The van der Waals surface area contributed by atoms with Crippen LogP contribution in [0.25, 0.3) is 0 Å². The minimum absolute atomic E-state index is 0.125. The van der Waals surface area contributed by atoms with Crippen molar-refractivity contribution in [2.24, 2.45) is 5.10 Å². The van der Waals surface area contributed by atoms with Gasteiger partial charge in [-0.15, -0.1) is 0 Å². The minimum Gasteiger partial charge on any atom is -0.506 e. The molecule has 0 atom stereocenters. The first kappa shape index (κ1) is 14.9. The Morgan fingerprint density at radius 1 is 1.15 bits per heavy atom. The largest absolute Gasteiger partial charge is 0.506 e. The van der Waals surface area contributed by atoms with Crippen LogP contribution in [-0.4, -0.2) is 21.3 Å². The van der Waals surface area contributed by atoms with Gasteiger partial charge in [0.05, 0.1) is 10.7 Å². The summed E-state index contributed by atoms with van der Waals surface area (Å²) in [6, 6.07) is 5.40. The molecule has 1 aromatic heterocycles. The second-order valence-electron chi connectivity index (χ2n) is 4.17. The lowest BCUT2D eigenvalue weighted by atomic mass is 10.2. The van der Waals surface area contributed by atoms with Crippen LogP contribution in [0.5, 0.6) is 5.75 Å². The van der Waals surface area contributed by atoms with E-state index in [1.54, 1.807) is 12.1 Å². The molecule has 2 rings (SSSR count). The number of rotatable bonds is 3. The molecule has 0 radical (unpaired) electrons. The zero-order chi connectivity index (χ0) is 14.7. The highest BCUT2D eigenvalue weighted by atomic mass is 79.9. The van der Waals surface area contributed by atoms with Gasteiger partial charge in [0.15, 0.2) is 0 Å². The first-order valence-corrected chi connectivity index (χ1v) is 7.33. The van der Waals surface area contributed by atoms with Crippen LogP contribution >= 0.6 is 31.9 Å². The van der Waals surface area contributed by atoms with E-state index in [1.807, 2.05) is 19.9 Å². The van der Waals surface area contributed by atoms with Gasteiger partial charge < -0.3 is 5.11 Å². The van der Waals surface area contributed by atoms with E-state index in [9.17, 15) is 5.11 Å². The summed E-state index contributed by atoms with van der Waals surface area (Å²) in [5, 5.41) is 13.9. The molecular formula is C13H12Br2N4O. The Kier molecular flexibility index (Phi) is 4.72. The van der Waals surface area contributed by atoms with E-state index in [0.29, 0.717) is 16.0 Å². The van der Waals surface area contributed by atoms with Gasteiger partial charge in [0.2, 0.25) is 5.95 Å². The van der Waals surface area contributed by atoms with Crippen molar-refractivity contribution in [1.82, 2.24) is 9.97 Å². The highest BCUT2D eigenvalue weighted by Crippen LogP contribution is 2.30. The van der Waals surface area contributed by atoms with Crippen molar-refractivity contribution in [1.29, 1.82) is 0 Å². The molecule has 0 bridgehead atoms. The maximum atomic E-state index is 9.89. The van der Waals surface area contributed by atoms with E-state index in [2.05, 4.69) is 52.4 Å². The van der Waals surface area contributed by atoms with Crippen molar-refractivity contribution in [3.8, 4) is 5.75 Å². The van der Waals surface area contributed by atoms with Gasteiger partial charge in [0.25, 0.3) is 0 Å². The summed E-state index contributed by atoms with van der Waals surface area (Å²) in [4.78, 5) is 8.41. The number of phenols is 1. The third-order valence-corrected chi connectivity index (χ3v) is 3.47. The third kappa shape index (κ3) is 3.77. The molecule has 2 aromatic rings. The third-order valence-electron chi connectivity index (χ3n) is 2.41. The van der Waals surface area contributed by atoms with Crippen LogP contribution in [0.4, 0.5) is 5.95 Å². The number of hydrogen-bond acceptors (Lipinski definition) is 5. The number of aryl methyl sites for hydroxylation is 2. The number of nitrogens with zero attached hydrogens (tertiary/aromatic N) is 3. The van der Waals surface area contributed by atoms with Gasteiger partial charge >= 0.3 is 0 Å². The van der Waals surface area contributed by atoms with Crippen molar-refractivity contribution < 1.29 is 5.11 Å². The summed E-state index contributed by atoms with van der Waals surface area (Å²) in [6.45, 7) is 3.78. The van der Waals surface area contributed by atoms with Crippen molar-refractivity contribution in [2.45, 2.75) is 13.8 Å². The Hall–Kier alpha value is -1.47. The van der Waals surface area contributed by atoms with Gasteiger partial charge in [0.1, 0.15) is 5.75 Å². The normalized spacial score (nSPS) is 11.0.